The number of nitrogens with two attached hydrogens (primary N) is 1. The van der Waals surface area contributed by atoms with E-state index in [9.17, 15) is 25.0 Å². The van der Waals surface area contributed by atoms with Crippen LogP contribution in [0.1, 0.15) is 30.9 Å². The molecule has 1 aromatic rings. The van der Waals surface area contributed by atoms with Crippen LogP contribution in [0.4, 0.5) is 11.4 Å². The lowest BCUT2D eigenvalue weighted by Gasteiger charge is -2.13. The van der Waals surface area contributed by atoms with Gasteiger partial charge in [-0.05, 0) is 36.9 Å². The van der Waals surface area contributed by atoms with Crippen LogP contribution in [0, 0.1) is 20.2 Å². The summed E-state index contributed by atoms with van der Waals surface area (Å²) in [7, 11) is 0. The molecule has 10 heteroatoms. The van der Waals surface area contributed by atoms with E-state index in [1.165, 1.54) is 13.0 Å². The number of benzene rings is 1. The first-order valence-corrected chi connectivity index (χ1v) is 8.48. The minimum atomic E-state index is -0.800. The van der Waals surface area contributed by atoms with Crippen molar-refractivity contribution < 1.29 is 14.6 Å². The molecule has 1 amide bonds. The molecule has 0 heterocycles. The highest BCUT2D eigenvalue weighted by atomic mass is 32.2. The third-order valence-electron chi connectivity index (χ3n) is 3.36. The summed E-state index contributed by atoms with van der Waals surface area (Å²) in [6.45, 7) is 9.34. The predicted molar refractivity (Wildman–Crippen MR) is 101 cm³/mol. The molecule has 9 nitrogen and oxygen atoms in total. The SMILES string of the molecule is C=C(NC(C)=O)SC(=C)c1cc([N+](=O)[O-])c([N+](=O)[O-])cc1CCCCN. The number of unbranched alkanes of at least 4 members (excludes halogenated alkanes) is 1. The van der Waals surface area contributed by atoms with Crippen molar-refractivity contribution in [1.29, 1.82) is 0 Å². The second-order valence-electron chi connectivity index (χ2n) is 5.39. The normalized spacial score (nSPS) is 10.2. The van der Waals surface area contributed by atoms with E-state index in [-0.39, 0.29) is 5.91 Å². The van der Waals surface area contributed by atoms with Gasteiger partial charge in [0.1, 0.15) is 0 Å². The highest BCUT2D eigenvalue weighted by Crippen LogP contribution is 2.38. The van der Waals surface area contributed by atoms with Crippen molar-refractivity contribution in [3.63, 3.8) is 0 Å². The summed E-state index contributed by atoms with van der Waals surface area (Å²) in [5.74, 6) is -0.312. The number of carbonyl (C=O) groups excluding carboxylic acids is 1. The van der Waals surface area contributed by atoms with Gasteiger partial charge in [-0.3, -0.25) is 25.0 Å². The molecule has 0 bridgehead atoms. The van der Waals surface area contributed by atoms with E-state index in [1.807, 2.05) is 0 Å². The zero-order chi connectivity index (χ0) is 19.9. The summed E-state index contributed by atoms with van der Waals surface area (Å²) in [5, 5.41) is 25.2. The van der Waals surface area contributed by atoms with E-state index in [4.69, 9.17) is 5.73 Å². The molecule has 26 heavy (non-hydrogen) atoms. The summed E-state index contributed by atoms with van der Waals surface area (Å²) >= 11 is 1.03. The summed E-state index contributed by atoms with van der Waals surface area (Å²) < 4.78 is 0. The Kier molecular flexibility index (Phi) is 7.94. The van der Waals surface area contributed by atoms with Gasteiger partial charge in [0.2, 0.25) is 5.91 Å². The minimum absolute atomic E-state index is 0.302. The lowest BCUT2D eigenvalue weighted by atomic mass is 9.99. The van der Waals surface area contributed by atoms with Crippen molar-refractivity contribution in [3.8, 4) is 0 Å². The van der Waals surface area contributed by atoms with E-state index in [2.05, 4.69) is 18.5 Å². The lowest BCUT2D eigenvalue weighted by molar-refractivity contribution is -0.422. The van der Waals surface area contributed by atoms with Crippen LogP contribution in [0.3, 0.4) is 0 Å². The van der Waals surface area contributed by atoms with E-state index < -0.39 is 21.2 Å². The quantitative estimate of drug-likeness (QED) is 0.361. The van der Waals surface area contributed by atoms with Crippen molar-refractivity contribution in [2.75, 3.05) is 6.54 Å². The van der Waals surface area contributed by atoms with Crippen molar-refractivity contribution >= 4 is 33.9 Å². The zero-order valence-electron chi connectivity index (χ0n) is 14.3. The number of rotatable bonds is 10. The third kappa shape index (κ3) is 5.97. The third-order valence-corrected chi connectivity index (χ3v) is 4.17. The van der Waals surface area contributed by atoms with E-state index in [0.29, 0.717) is 46.9 Å². The van der Waals surface area contributed by atoms with Crippen LogP contribution in [-0.2, 0) is 11.2 Å². The number of aryl methyl sites for hydroxylation is 1. The molecular formula is C16H20N4O5S. The lowest BCUT2D eigenvalue weighted by Crippen LogP contribution is -2.16. The smallest absolute Gasteiger partial charge is 0.330 e. The average molecular weight is 380 g/mol. The Morgan fingerprint density at radius 1 is 1.19 bits per heavy atom. The Labute approximate surface area is 154 Å². The molecule has 0 aliphatic rings. The number of nitrogens with zero attached hydrogens (tertiary/aromatic N) is 2. The van der Waals surface area contributed by atoms with Crippen LogP contribution in [0.25, 0.3) is 4.91 Å². The molecule has 0 aromatic heterocycles. The maximum Gasteiger partial charge on any atom is 0.346 e. The Bertz CT molecular complexity index is 763. The number of carbonyl (C=O) groups is 1. The molecular weight excluding hydrogens is 360 g/mol. The molecule has 0 aliphatic heterocycles. The van der Waals surface area contributed by atoms with Gasteiger partial charge in [0.05, 0.1) is 14.9 Å². The van der Waals surface area contributed by atoms with Gasteiger partial charge >= 0.3 is 11.4 Å². The monoisotopic (exact) mass is 380 g/mol. The van der Waals surface area contributed by atoms with Crippen molar-refractivity contribution in [3.05, 3.63) is 61.7 Å². The van der Waals surface area contributed by atoms with Crippen LogP contribution in [0.5, 0.6) is 0 Å². The minimum Gasteiger partial charge on any atom is -0.330 e. The van der Waals surface area contributed by atoms with Crippen LogP contribution in [0.2, 0.25) is 0 Å². The van der Waals surface area contributed by atoms with Gasteiger partial charge in [-0.15, -0.1) is 0 Å². The van der Waals surface area contributed by atoms with Crippen molar-refractivity contribution in [2.24, 2.45) is 5.73 Å². The summed E-state index contributed by atoms with van der Waals surface area (Å²) in [4.78, 5) is 32.3. The number of thioether (sulfide) groups is 1. The van der Waals surface area contributed by atoms with E-state index in [0.717, 1.165) is 17.8 Å². The molecule has 1 aromatic carbocycles. The predicted octanol–water partition coefficient (Wildman–Crippen LogP) is 3.10. The first-order chi connectivity index (χ1) is 12.2. The number of nitrogens with one attached hydrogen (secondary N) is 1. The van der Waals surface area contributed by atoms with Crippen LogP contribution in [0.15, 0.2) is 30.3 Å². The fourth-order valence-electron chi connectivity index (χ4n) is 2.26. The van der Waals surface area contributed by atoms with Gasteiger partial charge < -0.3 is 11.1 Å². The van der Waals surface area contributed by atoms with Crippen LogP contribution < -0.4 is 11.1 Å². The summed E-state index contributed by atoms with van der Waals surface area (Å²) in [5.41, 5.74) is 5.26. The van der Waals surface area contributed by atoms with Gasteiger partial charge in [-0.2, -0.15) is 0 Å². The Balaban J connectivity index is 3.31. The van der Waals surface area contributed by atoms with E-state index >= 15 is 0 Å². The van der Waals surface area contributed by atoms with Gasteiger partial charge in [-0.1, -0.05) is 24.9 Å². The summed E-state index contributed by atoms with van der Waals surface area (Å²) in [6, 6.07) is 2.35. The first-order valence-electron chi connectivity index (χ1n) is 7.66. The molecule has 0 radical (unpaired) electrons. The molecule has 140 valence electrons. The second-order valence-corrected chi connectivity index (χ2v) is 6.58. The van der Waals surface area contributed by atoms with Crippen LogP contribution >= 0.6 is 11.8 Å². The second kappa shape index (κ2) is 9.68. The average Bonchev–Trinajstić information content (AvgIpc) is 2.53. The van der Waals surface area contributed by atoms with Gasteiger partial charge in [0.25, 0.3) is 0 Å². The molecule has 0 aliphatic carbocycles. The molecule has 0 atom stereocenters. The van der Waals surface area contributed by atoms with Gasteiger partial charge in [0, 0.05) is 24.0 Å². The molecule has 0 saturated heterocycles. The maximum atomic E-state index is 11.2. The Morgan fingerprint density at radius 2 is 1.77 bits per heavy atom. The zero-order valence-corrected chi connectivity index (χ0v) is 15.1. The van der Waals surface area contributed by atoms with Crippen molar-refractivity contribution in [2.45, 2.75) is 26.2 Å². The fraction of sp³-hybridized carbons (Fsp3) is 0.312. The highest BCUT2D eigenvalue weighted by molar-refractivity contribution is 8.11. The fourth-order valence-corrected chi connectivity index (χ4v) is 3.06. The molecule has 1 rings (SSSR count). The Morgan fingerprint density at radius 3 is 2.27 bits per heavy atom. The van der Waals surface area contributed by atoms with Gasteiger partial charge in [-0.25, -0.2) is 0 Å². The van der Waals surface area contributed by atoms with Crippen LogP contribution in [-0.4, -0.2) is 22.3 Å². The molecule has 0 saturated carbocycles. The number of nitro benzene ring substituents is 2. The van der Waals surface area contributed by atoms with E-state index in [1.54, 1.807) is 0 Å². The Hall–Kier alpha value is -2.72. The number of amides is 1. The summed E-state index contributed by atoms with van der Waals surface area (Å²) in [6.07, 6.45) is 1.84. The molecule has 3 N–H and O–H groups in total. The largest absolute Gasteiger partial charge is 0.346 e. The van der Waals surface area contributed by atoms with Gasteiger partial charge in [0.15, 0.2) is 0 Å². The molecule has 0 unspecified atom stereocenters. The molecule has 0 fully saturated rings. The van der Waals surface area contributed by atoms with Crippen molar-refractivity contribution in [1.82, 2.24) is 5.32 Å². The standard InChI is InChI=1S/C16H20N4O5S/c1-10(26-12(3)18-11(2)21)14-9-16(20(24)25)15(19(22)23)8-13(14)6-4-5-7-17/h8-9H,1,3-7,17H2,2H3,(H,18,21). The molecule has 0 spiro atoms. The number of nitro groups is 2. The number of hydrogen-bond acceptors (Lipinski definition) is 7. The topological polar surface area (TPSA) is 141 Å². The maximum absolute atomic E-state index is 11.2. The highest BCUT2D eigenvalue weighted by Gasteiger charge is 2.27. The first kappa shape index (κ1) is 21.3. The number of hydrogen-bond donors (Lipinski definition) is 2.